The van der Waals surface area contributed by atoms with Gasteiger partial charge in [-0.1, -0.05) is 24.3 Å². The van der Waals surface area contributed by atoms with E-state index in [-0.39, 0.29) is 6.04 Å². The lowest BCUT2D eigenvalue weighted by molar-refractivity contribution is 0.0201. The molecule has 0 saturated carbocycles. The molecule has 1 aromatic rings. The molecule has 2 aliphatic rings. The molecule has 19 heavy (non-hydrogen) atoms. The van der Waals surface area contributed by atoms with E-state index in [2.05, 4.69) is 29.2 Å². The van der Waals surface area contributed by atoms with E-state index in [4.69, 9.17) is 10.5 Å². The fourth-order valence-corrected chi connectivity index (χ4v) is 3.63. The molecular formula is C16H24N2O. The van der Waals surface area contributed by atoms with E-state index < -0.39 is 0 Å². The molecule has 1 heterocycles. The summed E-state index contributed by atoms with van der Waals surface area (Å²) in [6.07, 6.45) is 5.08. The highest BCUT2D eigenvalue weighted by Crippen LogP contribution is 2.32. The Bertz CT molecular complexity index is 427. The maximum Gasteiger partial charge on any atom is 0.0595 e. The Morgan fingerprint density at radius 3 is 2.63 bits per heavy atom. The van der Waals surface area contributed by atoms with Crippen LogP contribution in [0.25, 0.3) is 0 Å². The van der Waals surface area contributed by atoms with E-state index >= 15 is 0 Å². The molecule has 0 radical (unpaired) electrons. The molecule has 104 valence electrons. The average molecular weight is 260 g/mol. The SMILES string of the molecule is COC1CCN(C2CCc3ccccc3C2N)CC1. The summed E-state index contributed by atoms with van der Waals surface area (Å²) in [4.78, 5) is 2.58. The number of fused-ring (bicyclic) bond motifs is 1. The summed E-state index contributed by atoms with van der Waals surface area (Å²) >= 11 is 0. The van der Waals surface area contributed by atoms with E-state index in [0.29, 0.717) is 12.1 Å². The van der Waals surface area contributed by atoms with E-state index in [1.54, 1.807) is 0 Å². The van der Waals surface area contributed by atoms with E-state index in [1.807, 2.05) is 7.11 Å². The van der Waals surface area contributed by atoms with Gasteiger partial charge in [0, 0.05) is 32.3 Å². The lowest BCUT2D eigenvalue weighted by atomic mass is 9.83. The number of aryl methyl sites for hydroxylation is 1. The van der Waals surface area contributed by atoms with Crippen molar-refractivity contribution >= 4 is 0 Å². The number of nitrogens with two attached hydrogens (primary N) is 1. The summed E-state index contributed by atoms with van der Waals surface area (Å²) in [6, 6.07) is 9.34. The van der Waals surface area contributed by atoms with Gasteiger partial charge in [0.05, 0.1) is 6.10 Å². The normalized spacial score (nSPS) is 29.2. The van der Waals surface area contributed by atoms with Crippen molar-refractivity contribution in [3.63, 3.8) is 0 Å². The Hall–Kier alpha value is -0.900. The third kappa shape index (κ3) is 2.55. The highest BCUT2D eigenvalue weighted by atomic mass is 16.5. The third-order valence-electron chi connectivity index (χ3n) is 4.82. The molecule has 0 spiro atoms. The van der Waals surface area contributed by atoms with Crippen molar-refractivity contribution in [1.82, 2.24) is 4.90 Å². The largest absolute Gasteiger partial charge is 0.381 e. The summed E-state index contributed by atoms with van der Waals surface area (Å²) in [5.41, 5.74) is 9.31. The number of hydrogen-bond donors (Lipinski definition) is 1. The van der Waals surface area contributed by atoms with Gasteiger partial charge in [-0.05, 0) is 36.8 Å². The predicted molar refractivity (Wildman–Crippen MR) is 77.1 cm³/mol. The number of methoxy groups -OCH3 is 1. The second-order valence-corrected chi connectivity index (χ2v) is 5.80. The highest BCUT2D eigenvalue weighted by molar-refractivity contribution is 5.33. The molecule has 3 rings (SSSR count). The van der Waals surface area contributed by atoms with Gasteiger partial charge in [-0.15, -0.1) is 0 Å². The zero-order valence-electron chi connectivity index (χ0n) is 11.7. The zero-order chi connectivity index (χ0) is 13.2. The highest BCUT2D eigenvalue weighted by Gasteiger charge is 2.32. The maximum absolute atomic E-state index is 6.52. The van der Waals surface area contributed by atoms with Gasteiger partial charge in [-0.2, -0.15) is 0 Å². The molecule has 1 aliphatic carbocycles. The molecule has 2 N–H and O–H groups in total. The quantitative estimate of drug-likeness (QED) is 0.885. The number of hydrogen-bond acceptors (Lipinski definition) is 3. The fourth-order valence-electron chi connectivity index (χ4n) is 3.63. The van der Waals surface area contributed by atoms with Gasteiger partial charge in [0.25, 0.3) is 0 Å². The van der Waals surface area contributed by atoms with Gasteiger partial charge in [0.1, 0.15) is 0 Å². The molecule has 2 unspecified atom stereocenters. The van der Waals surface area contributed by atoms with Gasteiger partial charge in [-0.25, -0.2) is 0 Å². The minimum absolute atomic E-state index is 0.170. The predicted octanol–water partition coefficient (Wildman–Crippen LogP) is 2.11. The van der Waals surface area contributed by atoms with Crippen LogP contribution in [0.4, 0.5) is 0 Å². The van der Waals surface area contributed by atoms with Crippen molar-refractivity contribution in [2.45, 2.75) is 43.9 Å². The van der Waals surface area contributed by atoms with Gasteiger partial charge < -0.3 is 10.5 Å². The number of likely N-dealkylation sites (tertiary alicyclic amines) is 1. The number of nitrogens with zero attached hydrogens (tertiary/aromatic N) is 1. The molecule has 1 fully saturated rings. The lowest BCUT2D eigenvalue weighted by Gasteiger charge is -2.42. The van der Waals surface area contributed by atoms with Crippen molar-refractivity contribution < 1.29 is 4.74 Å². The molecule has 3 heteroatoms. The molecular weight excluding hydrogens is 236 g/mol. The molecule has 1 saturated heterocycles. The van der Waals surface area contributed by atoms with Crippen LogP contribution >= 0.6 is 0 Å². The second kappa shape index (κ2) is 5.61. The van der Waals surface area contributed by atoms with Crippen molar-refractivity contribution in [2.24, 2.45) is 5.73 Å². The molecule has 1 aromatic carbocycles. The monoisotopic (exact) mass is 260 g/mol. The second-order valence-electron chi connectivity index (χ2n) is 5.80. The van der Waals surface area contributed by atoms with Crippen molar-refractivity contribution in [3.8, 4) is 0 Å². The Kier molecular flexibility index (Phi) is 3.87. The van der Waals surface area contributed by atoms with Crippen LogP contribution in [-0.2, 0) is 11.2 Å². The molecule has 0 aromatic heterocycles. The molecule has 1 aliphatic heterocycles. The molecule has 2 atom stereocenters. The van der Waals surface area contributed by atoms with E-state index in [0.717, 1.165) is 25.9 Å². The van der Waals surface area contributed by atoms with Crippen LogP contribution in [0.1, 0.15) is 36.4 Å². The van der Waals surface area contributed by atoms with Crippen LogP contribution in [0.3, 0.4) is 0 Å². The van der Waals surface area contributed by atoms with Gasteiger partial charge in [0.2, 0.25) is 0 Å². The first-order valence-corrected chi connectivity index (χ1v) is 7.40. The van der Waals surface area contributed by atoms with Crippen LogP contribution < -0.4 is 5.73 Å². The first-order chi connectivity index (χ1) is 9.29. The Morgan fingerprint density at radius 2 is 1.89 bits per heavy atom. The smallest absolute Gasteiger partial charge is 0.0595 e. The minimum atomic E-state index is 0.170. The maximum atomic E-state index is 6.52. The Morgan fingerprint density at radius 1 is 1.16 bits per heavy atom. The Balaban J connectivity index is 1.71. The number of ether oxygens (including phenoxy) is 1. The third-order valence-corrected chi connectivity index (χ3v) is 4.82. The molecule has 0 amide bonds. The lowest BCUT2D eigenvalue weighted by Crippen LogP contribution is -2.49. The number of rotatable bonds is 2. The van der Waals surface area contributed by atoms with Gasteiger partial charge in [-0.3, -0.25) is 4.90 Å². The van der Waals surface area contributed by atoms with Crippen LogP contribution in [0.5, 0.6) is 0 Å². The van der Waals surface area contributed by atoms with Crippen LogP contribution in [0, 0.1) is 0 Å². The summed E-state index contributed by atoms with van der Waals surface area (Å²) in [5, 5.41) is 0. The van der Waals surface area contributed by atoms with E-state index in [9.17, 15) is 0 Å². The Labute approximate surface area is 115 Å². The first-order valence-electron chi connectivity index (χ1n) is 7.40. The summed E-state index contributed by atoms with van der Waals surface area (Å²) in [7, 11) is 1.82. The van der Waals surface area contributed by atoms with Gasteiger partial charge in [0.15, 0.2) is 0 Å². The van der Waals surface area contributed by atoms with Crippen LogP contribution in [0.15, 0.2) is 24.3 Å². The average Bonchev–Trinajstić information content (AvgIpc) is 2.48. The standard InChI is InChI=1S/C16H24N2O/c1-19-13-8-10-18(11-9-13)15-7-6-12-4-2-3-5-14(12)16(15)17/h2-5,13,15-16H,6-11,17H2,1H3. The molecule has 3 nitrogen and oxygen atoms in total. The summed E-state index contributed by atoms with van der Waals surface area (Å²) in [6.45, 7) is 2.25. The van der Waals surface area contributed by atoms with E-state index in [1.165, 1.54) is 24.0 Å². The summed E-state index contributed by atoms with van der Waals surface area (Å²) in [5.74, 6) is 0. The van der Waals surface area contributed by atoms with Crippen molar-refractivity contribution in [1.29, 1.82) is 0 Å². The van der Waals surface area contributed by atoms with Crippen molar-refractivity contribution in [2.75, 3.05) is 20.2 Å². The van der Waals surface area contributed by atoms with Crippen LogP contribution in [-0.4, -0.2) is 37.2 Å². The number of benzene rings is 1. The van der Waals surface area contributed by atoms with Crippen molar-refractivity contribution in [3.05, 3.63) is 35.4 Å². The summed E-state index contributed by atoms with van der Waals surface area (Å²) < 4.78 is 5.45. The minimum Gasteiger partial charge on any atom is -0.381 e. The van der Waals surface area contributed by atoms with Gasteiger partial charge >= 0.3 is 0 Å². The molecule has 0 bridgehead atoms. The number of piperidine rings is 1. The van der Waals surface area contributed by atoms with Crippen LogP contribution in [0.2, 0.25) is 0 Å². The fraction of sp³-hybridized carbons (Fsp3) is 0.625. The first kappa shape index (κ1) is 13.1. The zero-order valence-corrected chi connectivity index (χ0v) is 11.7. The topological polar surface area (TPSA) is 38.5 Å².